The van der Waals surface area contributed by atoms with Gasteiger partial charge in [0.05, 0.1) is 12.5 Å². The molecule has 0 radical (unpaired) electrons. The van der Waals surface area contributed by atoms with E-state index in [1.165, 1.54) is 0 Å². The fourth-order valence-electron chi connectivity index (χ4n) is 5.28. The molecule has 4 rings (SSSR count). The first-order valence-corrected chi connectivity index (χ1v) is 13.1. The lowest BCUT2D eigenvalue weighted by molar-refractivity contribution is -0.155. The molecule has 2 aromatic carbocycles. The van der Waals surface area contributed by atoms with E-state index in [-0.39, 0.29) is 41.1 Å². The number of Topliss-reactive ketones (excluding diaryl/α,β-unsaturated/α-hetero) is 3. The summed E-state index contributed by atoms with van der Waals surface area (Å²) in [7, 11) is 0. The maximum atomic E-state index is 12.7. The topological polar surface area (TPSA) is 86.7 Å². The summed E-state index contributed by atoms with van der Waals surface area (Å²) in [4.78, 5) is 46.4. The molecule has 6 nitrogen and oxygen atoms in total. The van der Waals surface area contributed by atoms with Gasteiger partial charge in [0.1, 0.15) is 28.8 Å². The van der Waals surface area contributed by atoms with E-state index in [9.17, 15) is 19.2 Å². The van der Waals surface area contributed by atoms with Crippen LogP contribution in [0.3, 0.4) is 0 Å². The van der Waals surface area contributed by atoms with Crippen LogP contribution in [0.2, 0.25) is 0 Å². The summed E-state index contributed by atoms with van der Waals surface area (Å²) in [5.41, 5.74) is 4.09. The first-order valence-electron chi connectivity index (χ1n) is 13.1. The minimum Gasteiger partial charge on any atom is -0.493 e. The molecule has 6 heteroatoms. The molecule has 0 amide bonds. The van der Waals surface area contributed by atoms with Gasteiger partial charge in [0.25, 0.3) is 0 Å². The van der Waals surface area contributed by atoms with Crippen LogP contribution >= 0.6 is 0 Å². The molecule has 1 saturated carbocycles. The van der Waals surface area contributed by atoms with Crippen LogP contribution in [0.5, 0.6) is 11.5 Å². The number of rotatable bonds is 8. The van der Waals surface area contributed by atoms with Crippen LogP contribution in [0.15, 0.2) is 49.6 Å². The molecule has 2 aromatic rings. The number of esters is 1. The maximum absolute atomic E-state index is 12.7. The second-order valence-corrected chi connectivity index (χ2v) is 9.95. The Morgan fingerprint density at radius 2 is 1.50 bits per heavy atom. The molecule has 204 valence electrons. The van der Waals surface area contributed by atoms with E-state index in [1.54, 1.807) is 20.8 Å². The Morgan fingerprint density at radius 3 is 2.03 bits per heavy atom. The van der Waals surface area contributed by atoms with E-state index in [0.717, 1.165) is 35.1 Å². The van der Waals surface area contributed by atoms with Gasteiger partial charge in [-0.2, -0.15) is 0 Å². The molecule has 0 N–H and O–H groups in total. The summed E-state index contributed by atoms with van der Waals surface area (Å²) >= 11 is 0. The van der Waals surface area contributed by atoms with Crippen LogP contribution < -0.4 is 9.47 Å². The lowest BCUT2D eigenvalue weighted by atomic mass is 9.50. The molecule has 4 unspecified atom stereocenters. The van der Waals surface area contributed by atoms with Crippen molar-refractivity contribution < 1.29 is 28.7 Å². The lowest BCUT2D eigenvalue weighted by Gasteiger charge is -2.52. The van der Waals surface area contributed by atoms with Crippen LogP contribution in [0.4, 0.5) is 0 Å². The Morgan fingerprint density at radius 1 is 0.868 bits per heavy atom. The Hall–Kier alpha value is -3.54. The van der Waals surface area contributed by atoms with E-state index in [2.05, 4.69) is 13.2 Å². The highest BCUT2D eigenvalue weighted by atomic mass is 16.5. The highest BCUT2D eigenvalue weighted by Gasteiger charge is 2.60. The lowest BCUT2D eigenvalue weighted by Crippen LogP contribution is -2.54. The van der Waals surface area contributed by atoms with Gasteiger partial charge in [0, 0.05) is 30.6 Å². The smallest absolute Gasteiger partial charge is 0.315 e. The third-order valence-corrected chi connectivity index (χ3v) is 6.95. The van der Waals surface area contributed by atoms with Crippen molar-refractivity contribution in [1.29, 1.82) is 0 Å². The average molecular weight is 521 g/mol. The fourth-order valence-corrected chi connectivity index (χ4v) is 5.28. The van der Waals surface area contributed by atoms with Crippen molar-refractivity contribution in [3.63, 3.8) is 0 Å². The zero-order valence-electron chi connectivity index (χ0n) is 23.5. The highest BCUT2D eigenvalue weighted by Crippen LogP contribution is 2.62. The van der Waals surface area contributed by atoms with Gasteiger partial charge in [0.2, 0.25) is 0 Å². The Kier molecular flexibility index (Phi) is 11.2. The molecule has 2 aliphatic rings. The van der Waals surface area contributed by atoms with Crippen LogP contribution in [0.1, 0.15) is 81.0 Å². The zero-order chi connectivity index (χ0) is 28.6. The summed E-state index contributed by atoms with van der Waals surface area (Å²) < 4.78 is 11.3. The molecule has 0 saturated heterocycles. The summed E-state index contributed by atoms with van der Waals surface area (Å²) in [6, 6.07) is 11.7. The summed E-state index contributed by atoms with van der Waals surface area (Å²) in [5, 5.41) is 0. The molecule has 1 fully saturated rings. The van der Waals surface area contributed by atoms with Crippen LogP contribution in [-0.4, -0.2) is 29.9 Å². The van der Waals surface area contributed by atoms with Crippen molar-refractivity contribution in [2.45, 2.75) is 72.6 Å². The maximum Gasteiger partial charge on any atom is 0.315 e. The van der Waals surface area contributed by atoms with E-state index >= 15 is 0 Å². The molecule has 1 heterocycles. The quantitative estimate of drug-likeness (QED) is 0.226. The summed E-state index contributed by atoms with van der Waals surface area (Å²) in [6.45, 7) is 17.0. The number of benzene rings is 2. The van der Waals surface area contributed by atoms with Crippen molar-refractivity contribution in [1.82, 2.24) is 0 Å². The summed E-state index contributed by atoms with van der Waals surface area (Å²) in [6.07, 6.45) is 2.09. The molecule has 0 bridgehead atoms. The molecular weight excluding hydrogens is 480 g/mol. The van der Waals surface area contributed by atoms with Gasteiger partial charge in [0.15, 0.2) is 0 Å². The van der Waals surface area contributed by atoms with Gasteiger partial charge in [-0.25, -0.2) is 0 Å². The third-order valence-electron chi connectivity index (χ3n) is 6.95. The molecule has 1 aliphatic carbocycles. The van der Waals surface area contributed by atoms with Crippen molar-refractivity contribution in [3.05, 3.63) is 71.8 Å². The predicted molar refractivity (Wildman–Crippen MR) is 149 cm³/mol. The number of ketones is 3. The minimum absolute atomic E-state index is 0.00921. The van der Waals surface area contributed by atoms with Gasteiger partial charge < -0.3 is 14.3 Å². The van der Waals surface area contributed by atoms with Gasteiger partial charge in [-0.1, -0.05) is 25.1 Å². The number of hydrogen-bond acceptors (Lipinski definition) is 6. The first kappa shape index (κ1) is 30.7. The van der Waals surface area contributed by atoms with Gasteiger partial charge >= 0.3 is 5.97 Å². The van der Waals surface area contributed by atoms with Gasteiger partial charge in [-0.3, -0.25) is 14.4 Å². The van der Waals surface area contributed by atoms with Crippen molar-refractivity contribution in [2.24, 2.45) is 11.8 Å². The van der Waals surface area contributed by atoms with Gasteiger partial charge in [-0.05, 0) is 81.5 Å². The SMILES string of the molecule is C=C.CC(=O)CCOc1ccc(C2C(C(C)=O)C3C(=O)Oc4cc(C)ccc4C32)c(C)c1.CCCC(C)=O. The normalized spacial score (nSPS) is 20.5. The first-order chi connectivity index (χ1) is 18.0. The predicted octanol–water partition coefficient (Wildman–Crippen LogP) is 6.46. The molecule has 1 aliphatic heterocycles. The largest absolute Gasteiger partial charge is 0.493 e. The molecule has 38 heavy (non-hydrogen) atoms. The van der Waals surface area contributed by atoms with E-state index in [0.29, 0.717) is 24.5 Å². The standard InChI is InChI=1S/C25H26O5.C5H10O.C2H4/c1-13-5-7-19-20(11-13)30-25(28)24-21(16(4)27)22(23(19)24)18-8-6-17(12-14(18)2)29-10-9-15(3)26;1-3-4-5(2)6;1-2/h5-8,11-12,21-24H,9-10H2,1-4H3;3-4H2,1-2H3;1-2H2. The Bertz CT molecular complexity index is 1180. The average Bonchev–Trinajstić information content (AvgIpc) is 2.82. The van der Waals surface area contributed by atoms with Crippen molar-refractivity contribution in [2.75, 3.05) is 6.61 Å². The number of carbonyl (C=O) groups excluding carboxylic acids is 4. The second-order valence-electron chi connectivity index (χ2n) is 9.95. The number of fused-ring (bicyclic) bond motifs is 3. The van der Waals surface area contributed by atoms with Crippen LogP contribution in [-0.2, 0) is 19.2 Å². The molecule has 4 atom stereocenters. The summed E-state index contributed by atoms with van der Waals surface area (Å²) in [5.74, 6) is 0.415. The fraction of sp³-hybridized carbons (Fsp3) is 0.438. The second kappa shape index (κ2) is 13.8. The van der Waals surface area contributed by atoms with Crippen molar-refractivity contribution >= 4 is 23.3 Å². The Balaban J connectivity index is 0.000000560. The highest BCUT2D eigenvalue weighted by molar-refractivity contribution is 5.92. The van der Waals surface area contributed by atoms with E-state index < -0.39 is 5.92 Å². The molecule has 0 aromatic heterocycles. The van der Waals surface area contributed by atoms with Crippen molar-refractivity contribution in [3.8, 4) is 11.5 Å². The van der Waals surface area contributed by atoms with Crippen LogP contribution in [0, 0.1) is 25.7 Å². The number of carbonyl (C=O) groups is 4. The monoisotopic (exact) mass is 520 g/mol. The third kappa shape index (κ3) is 7.06. The number of aryl methyl sites for hydroxylation is 2. The minimum atomic E-state index is -0.436. The van der Waals surface area contributed by atoms with Gasteiger partial charge in [-0.15, -0.1) is 13.2 Å². The Labute approximate surface area is 226 Å². The van der Waals surface area contributed by atoms with E-state index in [1.807, 2.05) is 57.2 Å². The van der Waals surface area contributed by atoms with E-state index in [4.69, 9.17) is 9.47 Å². The number of ether oxygens (including phenoxy) is 2. The number of hydrogen-bond donors (Lipinski definition) is 0. The molecular formula is C32H40O6. The zero-order valence-corrected chi connectivity index (χ0v) is 23.5. The van der Waals surface area contributed by atoms with Crippen LogP contribution in [0.25, 0.3) is 0 Å². The molecule has 0 spiro atoms.